The van der Waals surface area contributed by atoms with Crippen molar-refractivity contribution >= 4 is 11.7 Å². The zero-order valence-electron chi connectivity index (χ0n) is 12.6. The van der Waals surface area contributed by atoms with Gasteiger partial charge in [-0.3, -0.25) is 4.79 Å². The van der Waals surface area contributed by atoms with Crippen LogP contribution in [0.5, 0.6) is 0 Å². The van der Waals surface area contributed by atoms with Crippen LogP contribution in [-0.4, -0.2) is 29.0 Å². The van der Waals surface area contributed by atoms with E-state index in [0.29, 0.717) is 0 Å². The second-order valence-electron chi connectivity index (χ2n) is 5.40. The van der Waals surface area contributed by atoms with Gasteiger partial charge in [0, 0.05) is 24.8 Å². The van der Waals surface area contributed by atoms with E-state index in [1.165, 1.54) is 0 Å². The number of carbonyl (C=O) groups is 1. The molecule has 0 bridgehead atoms. The van der Waals surface area contributed by atoms with Crippen LogP contribution in [0.1, 0.15) is 44.1 Å². The summed E-state index contributed by atoms with van der Waals surface area (Å²) in [5.74, 6) is 1.78. The molecule has 0 spiro atoms. The lowest BCUT2D eigenvalue weighted by atomic mass is 9.84. The van der Waals surface area contributed by atoms with E-state index in [9.17, 15) is 4.79 Å². The van der Waals surface area contributed by atoms with E-state index in [4.69, 9.17) is 0 Å². The van der Waals surface area contributed by atoms with Crippen molar-refractivity contribution in [2.45, 2.75) is 52.0 Å². The van der Waals surface area contributed by atoms with Crippen LogP contribution in [0.4, 0.5) is 5.82 Å². The molecular formula is C15H24N4O. The molecule has 0 saturated heterocycles. The van der Waals surface area contributed by atoms with Gasteiger partial charge in [0.2, 0.25) is 5.91 Å². The van der Waals surface area contributed by atoms with Gasteiger partial charge in [0.15, 0.2) is 0 Å². The number of aryl methyl sites for hydroxylation is 2. The first-order chi connectivity index (χ1) is 9.63. The van der Waals surface area contributed by atoms with Crippen LogP contribution in [0, 0.1) is 12.8 Å². The average molecular weight is 276 g/mol. The van der Waals surface area contributed by atoms with E-state index in [2.05, 4.69) is 27.5 Å². The highest BCUT2D eigenvalue weighted by molar-refractivity contribution is 5.79. The highest BCUT2D eigenvalue weighted by atomic mass is 16.1. The molecule has 110 valence electrons. The number of nitrogens with zero attached hydrogens (tertiary/aromatic N) is 2. The molecular weight excluding hydrogens is 252 g/mol. The van der Waals surface area contributed by atoms with Crippen molar-refractivity contribution in [3.8, 4) is 0 Å². The highest BCUT2D eigenvalue weighted by Gasteiger charge is 2.30. The van der Waals surface area contributed by atoms with Gasteiger partial charge in [-0.25, -0.2) is 9.97 Å². The summed E-state index contributed by atoms with van der Waals surface area (Å²) < 4.78 is 0. The third-order valence-electron chi connectivity index (χ3n) is 3.94. The van der Waals surface area contributed by atoms with Gasteiger partial charge in [0.1, 0.15) is 11.6 Å². The summed E-state index contributed by atoms with van der Waals surface area (Å²) in [6.07, 6.45) is 5.14. The van der Waals surface area contributed by atoms with Crippen molar-refractivity contribution < 1.29 is 4.79 Å². The molecule has 1 aromatic rings. The first-order valence-electron chi connectivity index (χ1n) is 7.46. The van der Waals surface area contributed by atoms with Crippen LogP contribution in [-0.2, 0) is 11.2 Å². The maximum Gasteiger partial charge on any atom is 0.224 e. The van der Waals surface area contributed by atoms with Gasteiger partial charge >= 0.3 is 0 Å². The molecule has 0 aliphatic heterocycles. The summed E-state index contributed by atoms with van der Waals surface area (Å²) in [5.41, 5.74) is 1.03. The number of hydrogen-bond donors (Lipinski definition) is 2. The summed E-state index contributed by atoms with van der Waals surface area (Å²) in [4.78, 5) is 20.8. The first kappa shape index (κ1) is 14.8. The summed E-state index contributed by atoms with van der Waals surface area (Å²) in [5, 5.41) is 6.22. The molecule has 5 nitrogen and oxygen atoms in total. The molecule has 2 unspecified atom stereocenters. The number of amides is 1. The summed E-state index contributed by atoms with van der Waals surface area (Å²) in [6.45, 7) is 3.99. The van der Waals surface area contributed by atoms with E-state index in [0.717, 1.165) is 49.4 Å². The van der Waals surface area contributed by atoms with E-state index in [1.807, 2.05) is 13.0 Å². The van der Waals surface area contributed by atoms with Gasteiger partial charge < -0.3 is 10.6 Å². The molecule has 2 rings (SSSR count). The largest absolute Gasteiger partial charge is 0.366 e. The van der Waals surface area contributed by atoms with Gasteiger partial charge in [-0.05, 0) is 26.2 Å². The topological polar surface area (TPSA) is 66.9 Å². The Labute approximate surface area is 120 Å². The molecule has 1 saturated carbocycles. The van der Waals surface area contributed by atoms with Gasteiger partial charge in [-0.15, -0.1) is 0 Å². The quantitative estimate of drug-likeness (QED) is 0.883. The first-order valence-corrected chi connectivity index (χ1v) is 7.46. The predicted octanol–water partition coefficient (Wildman–Crippen LogP) is 2.06. The molecule has 2 atom stereocenters. The molecule has 1 aromatic heterocycles. The molecule has 0 radical (unpaired) electrons. The summed E-state index contributed by atoms with van der Waals surface area (Å²) >= 11 is 0. The van der Waals surface area contributed by atoms with Crippen LogP contribution in [0.25, 0.3) is 0 Å². The Balaban J connectivity index is 2.14. The number of rotatable bonds is 4. The molecule has 1 amide bonds. The fourth-order valence-corrected chi connectivity index (χ4v) is 2.88. The lowest BCUT2D eigenvalue weighted by Gasteiger charge is -2.31. The second-order valence-corrected chi connectivity index (χ2v) is 5.40. The number of carbonyl (C=O) groups excluding carboxylic acids is 1. The average Bonchev–Trinajstić information content (AvgIpc) is 2.46. The molecule has 5 heteroatoms. The molecule has 1 heterocycles. The number of anilines is 1. The van der Waals surface area contributed by atoms with Crippen molar-refractivity contribution in [1.29, 1.82) is 0 Å². The molecule has 2 N–H and O–H groups in total. The zero-order valence-corrected chi connectivity index (χ0v) is 12.6. The summed E-state index contributed by atoms with van der Waals surface area (Å²) in [6, 6.07) is 2.16. The van der Waals surface area contributed by atoms with Crippen LogP contribution in [0.3, 0.4) is 0 Å². The third kappa shape index (κ3) is 3.46. The maximum atomic E-state index is 12.0. The second kappa shape index (κ2) is 6.68. The van der Waals surface area contributed by atoms with Crippen molar-refractivity contribution in [3.63, 3.8) is 0 Å². The fourth-order valence-electron chi connectivity index (χ4n) is 2.88. The van der Waals surface area contributed by atoms with Gasteiger partial charge in [-0.2, -0.15) is 0 Å². The van der Waals surface area contributed by atoms with Crippen molar-refractivity contribution in [1.82, 2.24) is 15.3 Å². The predicted molar refractivity (Wildman–Crippen MR) is 79.6 cm³/mol. The Morgan fingerprint density at radius 1 is 1.35 bits per heavy atom. The Kier molecular flexibility index (Phi) is 4.93. The van der Waals surface area contributed by atoms with Crippen molar-refractivity contribution in [2.75, 3.05) is 12.4 Å². The monoisotopic (exact) mass is 276 g/mol. The number of nitrogens with one attached hydrogen (secondary N) is 2. The molecule has 1 aliphatic rings. The van der Waals surface area contributed by atoms with Crippen LogP contribution >= 0.6 is 0 Å². The van der Waals surface area contributed by atoms with E-state index < -0.39 is 0 Å². The minimum absolute atomic E-state index is 0.0362. The Hall–Kier alpha value is -1.65. The third-order valence-corrected chi connectivity index (χ3v) is 3.94. The minimum Gasteiger partial charge on any atom is -0.366 e. The Morgan fingerprint density at radius 2 is 2.10 bits per heavy atom. The highest BCUT2D eigenvalue weighted by Crippen LogP contribution is 2.27. The van der Waals surface area contributed by atoms with Gasteiger partial charge in [-0.1, -0.05) is 19.8 Å². The molecule has 20 heavy (non-hydrogen) atoms. The SMILES string of the molecule is CCc1cc(NC2CCCCC2C(=O)NC)nc(C)n1. The Morgan fingerprint density at radius 3 is 2.80 bits per heavy atom. The van der Waals surface area contributed by atoms with E-state index in [1.54, 1.807) is 7.05 Å². The lowest BCUT2D eigenvalue weighted by molar-refractivity contribution is -0.125. The van der Waals surface area contributed by atoms with E-state index >= 15 is 0 Å². The van der Waals surface area contributed by atoms with E-state index in [-0.39, 0.29) is 17.9 Å². The Bertz CT molecular complexity index is 475. The number of hydrogen-bond acceptors (Lipinski definition) is 4. The normalized spacial score (nSPS) is 22.4. The lowest BCUT2D eigenvalue weighted by Crippen LogP contribution is -2.42. The van der Waals surface area contributed by atoms with Gasteiger partial charge in [0.05, 0.1) is 5.92 Å². The van der Waals surface area contributed by atoms with Crippen LogP contribution in [0.2, 0.25) is 0 Å². The number of aromatic nitrogens is 2. The molecule has 0 aromatic carbocycles. The van der Waals surface area contributed by atoms with Crippen molar-refractivity contribution in [3.05, 3.63) is 17.6 Å². The van der Waals surface area contributed by atoms with Gasteiger partial charge in [0.25, 0.3) is 0 Å². The minimum atomic E-state index is 0.0362. The molecule has 1 aliphatic carbocycles. The van der Waals surface area contributed by atoms with Crippen LogP contribution in [0.15, 0.2) is 6.07 Å². The van der Waals surface area contributed by atoms with Crippen molar-refractivity contribution in [2.24, 2.45) is 5.92 Å². The van der Waals surface area contributed by atoms with Crippen LogP contribution < -0.4 is 10.6 Å². The maximum absolute atomic E-state index is 12.0. The zero-order chi connectivity index (χ0) is 14.5. The smallest absolute Gasteiger partial charge is 0.224 e. The standard InChI is InChI=1S/C15H24N4O/c1-4-11-9-14(18-10(2)17-11)19-13-8-6-5-7-12(13)15(20)16-3/h9,12-13H,4-8H2,1-3H3,(H,16,20)(H,17,18,19). The molecule has 1 fully saturated rings. The summed E-state index contributed by atoms with van der Waals surface area (Å²) in [7, 11) is 1.71. The fraction of sp³-hybridized carbons (Fsp3) is 0.667.